The van der Waals surface area contributed by atoms with Crippen LogP contribution in [0.25, 0.3) is 10.9 Å². The van der Waals surface area contributed by atoms with Crippen molar-refractivity contribution in [2.75, 3.05) is 11.1 Å². The number of nitrogen functional groups attached to an aromatic ring is 1. The standard InChI is InChI=1S/C20H20FN7/c1-10(11-2-3-16-12(6-11)4-5-23-16)14-9-24-20(22)26-19(14)25-18-8-17(27-28-18)13-7-15(13)21/h2-6,8-10,13,15,23H,7H2,1H3,(H4,22,24,25,26,27,28)/t10-,13+,15+/m0/s1. The molecule has 1 fully saturated rings. The van der Waals surface area contributed by atoms with Crippen molar-refractivity contribution in [1.29, 1.82) is 0 Å². The molecule has 1 saturated carbocycles. The number of rotatable bonds is 5. The molecule has 1 aliphatic carbocycles. The summed E-state index contributed by atoms with van der Waals surface area (Å²) in [7, 11) is 0. The van der Waals surface area contributed by atoms with Gasteiger partial charge in [-0.15, -0.1) is 0 Å². The van der Waals surface area contributed by atoms with Gasteiger partial charge in [0.25, 0.3) is 0 Å². The molecule has 0 bridgehead atoms. The summed E-state index contributed by atoms with van der Waals surface area (Å²) in [5.41, 5.74) is 9.76. The highest BCUT2D eigenvalue weighted by molar-refractivity contribution is 5.80. The molecular weight excluding hydrogens is 357 g/mol. The number of alkyl halides is 1. The maximum absolute atomic E-state index is 13.3. The van der Waals surface area contributed by atoms with Gasteiger partial charge in [0, 0.05) is 47.1 Å². The highest BCUT2D eigenvalue weighted by Crippen LogP contribution is 2.43. The van der Waals surface area contributed by atoms with Gasteiger partial charge in [0.05, 0.1) is 0 Å². The molecule has 0 saturated heterocycles. The number of nitrogens with two attached hydrogens (primary N) is 1. The molecule has 4 aromatic rings. The first-order valence-electron chi connectivity index (χ1n) is 9.24. The van der Waals surface area contributed by atoms with Crippen molar-refractivity contribution in [2.45, 2.75) is 31.4 Å². The van der Waals surface area contributed by atoms with E-state index in [0.717, 1.165) is 27.7 Å². The Morgan fingerprint density at radius 1 is 1.29 bits per heavy atom. The predicted molar refractivity (Wildman–Crippen MR) is 106 cm³/mol. The largest absolute Gasteiger partial charge is 0.368 e. The van der Waals surface area contributed by atoms with E-state index in [0.29, 0.717) is 18.1 Å². The molecule has 8 heteroatoms. The zero-order valence-electron chi connectivity index (χ0n) is 15.3. The Morgan fingerprint density at radius 2 is 2.14 bits per heavy atom. The van der Waals surface area contributed by atoms with Gasteiger partial charge in [-0.1, -0.05) is 13.0 Å². The molecule has 142 valence electrons. The molecule has 0 aliphatic heterocycles. The number of halogens is 1. The van der Waals surface area contributed by atoms with E-state index in [9.17, 15) is 4.39 Å². The maximum Gasteiger partial charge on any atom is 0.221 e. The molecule has 0 spiro atoms. The Hall–Kier alpha value is -3.42. The van der Waals surface area contributed by atoms with E-state index in [2.05, 4.69) is 55.6 Å². The average Bonchev–Trinajstić information content (AvgIpc) is 3.09. The molecule has 3 atom stereocenters. The van der Waals surface area contributed by atoms with E-state index in [1.165, 1.54) is 0 Å². The maximum atomic E-state index is 13.3. The number of H-pyrrole nitrogens is 2. The highest BCUT2D eigenvalue weighted by atomic mass is 19.1. The normalized spacial score (nSPS) is 19.6. The van der Waals surface area contributed by atoms with Gasteiger partial charge in [0.1, 0.15) is 12.0 Å². The third-order valence-corrected chi connectivity index (χ3v) is 5.34. The van der Waals surface area contributed by atoms with Crippen molar-refractivity contribution in [2.24, 2.45) is 0 Å². The van der Waals surface area contributed by atoms with Gasteiger partial charge >= 0.3 is 0 Å². The monoisotopic (exact) mass is 377 g/mol. The third-order valence-electron chi connectivity index (χ3n) is 5.34. The Labute approximate surface area is 160 Å². The number of nitrogens with zero attached hydrogens (tertiary/aromatic N) is 3. The molecule has 28 heavy (non-hydrogen) atoms. The first-order valence-corrected chi connectivity index (χ1v) is 9.24. The molecule has 1 aliphatic rings. The van der Waals surface area contributed by atoms with E-state index in [4.69, 9.17) is 5.73 Å². The van der Waals surface area contributed by atoms with Crippen LogP contribution in [0.3, 0.4) is 0 Å². The first kappa shape index (κ1) is 16.7. The molecule has 3 heterocycles. The zero-order chi connectivity index (χ0) is 19.3. The number of anilines is 3. The minimum absolute atomic E-state index is 0.0412. The van der Waals surface area contributed by atoms with Crippen LogP contribution in [0.4, 0.5) is 22.0 Å². The second-order valence-corrected chi connectivity index (χ2v) is 7.27. The van der Waals surface area contributed by atoms with Crippen molar-refractivity contribution >= 4 is 28.5 Å². The number of aromatic nitrogens is 5. The van der Waals surface area contributed by atoms with Crippen LogP contribution in [0.2, 0.25) is 0 Å². The SMILES string of the molecule is C[C@@H](c1ccc2[nH]ccc2c1)c1cnc(N)nc1Nc1cc([C@@H]2C[C@H]2F)[nH]n1. The van der Waals surface area contributed by atoms with Crippen molar-refractivity contribution < 1.29 is 4.39 Å². The summed E-state index contributed by atoms with van der Waals surface area (Å²) < 4.78 is 13.3. The first-order chi connectivity index (χ1) is 13.6. The molecular formula is C20H20FN7. The second-order valence-electron chi connectivity index (χ2n) is 7.27. The third kappa shape index (κ3) is 2.96. The lowest BCUT2D eigenvalue weighted by Crippen LogP contribution is -2.07. The summed E-state index contributed by atoms with van der Waals surface area (Å²) in [5, 5.41) is 11.5. The number of fused-ring (bicyclic) bond motifs is 1. The van der Waals surface area contributed by atoms with Crippen LogP contribution >= 0.6 is 0 Å². The molecule has 0 amide bonds. The Morgan fingerprint density at radius 3 is 2.96 bits per heavy atom. The Balaban J connectivity index is 1.46. The number of aromatic amines is 2. The van der Waals surface area contributed by atoms with Crippen molar-refractivity contribution in [3.63, 3.8) is 0 Å². The van der Waals surface area contributed by atoms with Crippen LogP contribution in [-0.4, -0.2) is 31.3 Å². The van der Waals surface area contributed by atoms with Gasteiger partial charge < -0.3 is 16.0 Å². The molecule has 7 nitrogen and oxygen atoms in total. The quantitative estimate of drug-likeness (QED) is 0.421. The average molecular weight is 377 g/mol. The molecule has 1 aromatic carbocycles. The van der Waals surface area contributed by atoms with Gasteiger partial charge in [-0.05, 0) is 35.6 Å². The number of hydrogen-bond donors (Lipinski definition) is 4. The minimum Gasteiger partial charge on any atom is -0.368 e. The fraction of sp³-hybridized carbons (Fsp3) is 0.250. The Bertz CT molecular complexity index is 1150. The summed E-state index contributed by atoms with van der Waals surface area (Å²) in [6.07, 6.45) is 3.44. The second kappa shape index (κ2) is 6.33. The topological polar surface area (TPSA) is 108 Å². The lowest BCUT2D eigenvalue weighted by molar-refractivity contribution is 0.466. The van der Waals surface area contributed by atoms with E-state index in [1.807, 2.05) is 18.3 Å². The lowest BCUT2D eigenvalue weighted by atomic mass is 9.93. The molecule has 5 N–H and O–H groups in total. The van der Waals surface area contributed by atoms with Gasteiger partial charge in [-0.2, -0.15) is 10.1 Å². The summed E-state index contributed by atoms with van der Waals surface area (Å²) in [6.45, 7) is 2.10. The van der Waals surface area contributed by atoms with Crippen LogP contribution in [-0.2, 0) is 0 Å². The summed E-state index contributed by atoms with van der Waals surface area (Å²) in [6, 6.07) is 10.2. The smallest absolute Gasteiger partial charge is 0.221 e. The molecule has 3 aromatic heterocycles. The lowest BCUT2D eigenvalue weighted by Gasteiger charge is -2.16. The van der Waals surface area contributed by atoms with E-state index >= 15 is 0 Å². The number of hydrogen-bond acceptors (Lipinski definition) is 5. The van der Waals surface area contributed by atoms with Gasteiger partial charge in [-0.3, -0.25) is 5.10 Å². The molecule has 5 rings (SSSR count). The number of nitrogens with one attached hydrogen (secondary N) is 3. The fourth-order valence-electron chi connectivity index (χ4n) is 3.54. The van der Waals surface area contributed by atoms with E-state index in [-0.39, 0.29) is 17.8 Å². The zero-order valence-corrected chi connectivity index (χ0v) is 15.3. The van der Waals surface area contributed by atoms with Gasteiger partial charge in [-0.25, -0.2) is 9.37 Å². The van der Waals surface area contributed by atoms with Gasteiger partial charge in [0.2, 0.25) is 5.95 Å². The van der Waals surface area contributed by atoms with Crippen molar-refractivity contribution in [1.82, 2.24) is 25.1 Å². The van der Waals surface area contributed by atoms with E-state index in [1.54, 1.807) is 6.20 Å². The molecule has 0 radical (unpaired) electrons. The van der Waals surface area contributed by atoms with Crippen LogP contribution in [0.1, 0.15) is 42.0 Å². The van der Waals surface area contributed by atoms with Crippen LogP contribution < -0.4 is 11.1 Å². The summed E-state index contributed by atoms with van der Waals surface area (Å²) in [4.78, 5) is 11.8. The minimum atomic E-state index is -0.776. The van der Waals surface area contributed by atoms with Crippen LogP contribution in [0.5, 0.6) is 0 Å². The van der Waals surface area contributed by atoms with E-state index < -0.39 is 6.17 Å². The summed E-state index contributed by atoms with van der Waals surface area (Å²) in [5.74, 6) is 1.33. The van der Waals surface area contributed by atoms with Crippen LogP contribution in [0.15, 0.2) is 42.7 Å². The van der Waals surface area contributed by atoms with Crippen LogP contribution in [0, 0.1) is 0 Å². The Kier molecular flexibility index (Phi) is 3.78. The summed E-state index contributed by atoms with van der Waals surface area (Å²) >= 11 is 0. The highest BCUT2D eigenvalue weighted by Gasteiger charge is 2.40. The van der Waals surface area contributed by atoms with Crippen molar-refractivity contribution in [3.8, 4) is 0 Å². The molecule has 0 unspecified atom stereocenters. The van der Waals surface area contributed by atoms with Crippen molar-refractivity contribution in [3.05, 3.63) is 59.5 Å². The predicted octanol–water partition coefficient (Wildman–Crippen LogP) is 3.98. The number of benzene rings is 1. The van der Waals surface area contributed by atoms with Gasteiger partial charge in [0.15, 0.2) is 5.82 Å². The fourth-order valence-corrected chi connectivity index (χ4v) is 3.54.